The minimum atomic E-state index is -0.760. The lowest BCUT2D eigenvalue weighted by Gasteiger charge is -2.38. The van der Waals surface area contributed by atoms with Gasteiger partial charge >= 0.3 is 5.97 Å². The maximum absolute atomic E-state index is 11.7. The molecule has 0 aliphatic carbocycles. The second-order valence-electron chi connectivity index (χ2n) is 5.16. The average molecular weight is 335 g/mol. The number of ether oxygens (including phenoxy) is 5. The summed E-state index contributed by atoms with van der Waals surface area (Å²) in [7, 11) is 7.66. The Balaban J connectivity index is 5.59. The Morgan fingerprint density at radius 2 is 1.48 bits per heavy atom. The Kier molecular flexibility index (Phi) is 10.7. The fourth-order valence-corrected chi connectivity index (χ4v) is 2.35. The van der Waals surface area contributed by atoms with Crippen LogP contribution in [-0.2, 0) is 33.3 Å². The van der Waals surface area contributed by atoms with Crippen LogP contribution in [0.15, 0.2) is 0 Å². The third-order valence-electron chi connectivity index (χ3n) is 3.61. The fourth-order valence-electron chi connectivity index (χ4n) is 2.35. The second-order valence-corrected chi connectivity index (χ2v) is 5.16. The first kappa shape index (κ1) is 21.8. The smallest absolute Gasteiger partial charge is 0.303 e. The van der Waals surface area contributed by atoms with Gasteiger partial charge in [0.15, 0.2) is 6.10 Å². The molecule has 136 valence electrons. The van der Waals surface area contributed by atoms with Crippen LogP contribution in [-0.4, -0.2) is 89.8 Å². The van der Waals surface area contributed by atoms with Gasteiger partial charge in [0.1, 0.15) is 12.2 Å². The summed E-state index contributed by atoms with van der Waals surface area (Å²) < 4.78 is 26.6. The first-order chi connectivity index (χ1) is 10.8. The monoisotopic (exact) mass is 335 g/mol. The Morgan fingerprint density at radius 1 is 0.913 bits per heavy atom. The molecule has 0 saturated carbocycles. The van der Waals surface area contributed by atoms with Gasteiger partial charge in [-0.15, -0.1) is 0 Å². The minimum absolute atomic E-state index is 0.156. The zero-order valence-electron chi connectivity index (χ0n) is 15.0. The van der Waals surface area contributed by atoms with Gasteiger partial charge in [-0.1, -0.05) is 0 Å². The van der Waals surface area contributed by atoms with Crippen molar-refractivity contribution in [3.05, 3.63) is 0 Å². The fraction of sp³-hybridized carbons (Fsp3) is 0.867. The molecule has 8 heteroatoms. The highest BCUT2D eigenvalue weighted by Gasteiger charge is 2.40. The number of methoxy groups -OCH3 is 4. The molecule has 0 aliphatic rings. The van der Waals surface area contributed by atoms with Crippen LogP contribution in [0.5, 0.6) is 0 Å². The summed E-state index contributed by atoms with van der Waals surface area (Å²) in [5.41, 5.74) is 0. The van der Waals surface area contributed by atoms with Crippen LogP contribution >= 0.6 is 0 Å². The predicted octanol–water partition coefficient (Wildman–Crippen LogP) is 0.0878. The van der Waals surface area contributed by atoms with E-state index < -0.39 is 30.3 Å². The normalized spacial score (nSPS) is 16.3. The van der Waals surface area contributed by atoms with Crippen LogP contribution in [0.2, 0.25) is 0 Å². The molecule has 0 aromatic heterocycles. The van der Waals surface area contributed by atoms with E-state index in [1.54, 1.807) is 7.05 Å². The van der Waals surface area contributed by atoms with Gasteiger partial charge in [0.2, 0.25) is 5.91 Å². The van der Waals surface area contributed by atoms with E-state index in [0.29, 0.717) is 0 Å². The van der Waals surface area contributed by atoms with Gasteiger partial charge in [0.05, 0.1) is 19.3 Å². The zero-order valence-corrected chi connectivity index (χ0v) is 15.0. The summed E-state index contributed by atoms with van der Waals surface area (Å²) in [6.45, 7) is 3.17. The highest BCUT2D eigenvalue weighted by atomic mass is 16.6. The van der Waals surface area contributed by atoms with Crippen LogP contribution in [0.3, 0.4) is 0 Å². The van der Waals surface area contributed by atoms with Crippen LogP contribution in [0.25, 0.3) is 0 Å². The molecule has 0 aromatic carbocycles. The molecule has 0 aromatic rings. The molecule has 0 aliphatic heterocycles. The molecule has 0 rings (SSSR count). The number of esters is 1. The van der Waals surface area contributed by atoms with E-state index in [1.165, 1.54) is 47.2 Å². The summed E-state index contributed by atoms with van der Waals surface area (Å²) >= 11 is 0. The summed E-state index contributed by atoms with van der Waals surface area (Å²) in [5, 5.41) is 0. The van der Waals surface area contributed by atoms with Gasteiger partial charge in [0, 0.05) is 49.3 Å². The Bertz CT molecular complexity index is 364. The van der Waals surface area contributed by atoms with Crippen molar-refractivity contribution in [2.75, 3.05) is 48.7 Å². The molecule has 4 unspecified atom stereocenters. The topological polar surface area (TPSA) is 83.5 Å². The van der Waals surface area contributed by atoms with E-state index in [-0.39, 0.29) is 19.1 Å². The van der Waals surface area contributed by atoms with Gasteiger partial charge in [-0.25, -0.2) is 0 Å². The first-order valence-electron chi connectivity index (χ1n) is 7.28. The lowest BCUT2D eigenvalue weighted by molar-refractivity contribution is -0.180. The molecule has 0 bridgehead atoms. The third kappa shape index (κ3) is 6.82. The molecule has 23 heavy (non-hydrogen) atoms. The highest BCUT2D eigenvalue weighted by Crippen LogP contribution is 2.19. The number of carbonyl (C=O) groups is 2. The number of likely N-dealkylation sites (N-methyl/N-ethyl adjacent to an activating group) is 1. The first-order valence-corrected chi connectivity index (χ1v) is 7.28. The lowest BCUT2D eigenvalue weighted by atomic mass is 9.99. The van der Waals surface area contributed by atoms with E-state index >= 15 is 0 Å². The van der Waals surface area contributed by atoms with Crippen LogP contribution in [0, 0.1) is 0 Å². The van der Waals surface area contributed by atoms with Gasteiger partial charge in [-0.3, -0.25) is 9.59 Å². The van der Waals surface area contributed by atoms with Crippen LogP contribution < -0.4 is 0 Å². The lowest BCUT2D eigenvalue weighted by Crippen LogP contribution is -2.57. The summed E-state index contributed by atoms with van der Waals surface area (Å²) in [5.74, 6) is -0.631. The van der Waals surface area contributed by atoms with Crippen molar-refractivity contribution in [1.82, 2.24) is 4.90 Å². The quantitative estimate of drug-likeness (QED) is 0.495. The van der Waals surface area contributed by atoms with E-state index in [1.807, 2.05) is 0 Å². The number of rotatable bonds is 11. The number of hydrogen-bond acceptors (Lipinski definition) is 7. The van der Waals surface area contributed by atoms with E-state index in [0.717, 1.165) is 0 Å². The number of carbonyl (C=O) groups excluding carboxylic acids is 2. The number of nitrogens with zero attached hydrogens (tertiary/aromatic N) is 1. The molecule has 8 nitrogen and oxygen atoms in total. The van der Waals surface area contributed by atoms with Gasteiger partial charge in [-0.2, -0.15) is 0 Å². The minimum Gasteiger partial charge on any atom is -0.457 e. The molecule has 0 spiro atoms. The van der Waals surface area contributed by atoms with Gasteiger partial charge in [-0.05, 0) is 0 Å². The molecular weight excluding hydrogens is 306 g/mol. The summed E-state index contributed by atoms with van der Waals surface area (Å²) in [4.78, 5) is 24.7. The van der Waals surface area contributed by atoms with Crippen molar-refractivity contribution in [1.29, 1.82) is 0 Å². The zero-order chi connectivity index (χ0) is 18.0. The van der Waals surface area contributed by atoms with Crippen molar-refractivity contribution in [3.63, 3.8) is 0 Å². The maximum atomic E-state index is 11.7. The molecule has 1 amide bonds. The van der Waals surface area contributed by atoms with Crippen molar-refractivity contribution in [2.24, 2.45) is 0 Å². The average Bonchev–Trinajstić information content (AvgIpc) is 2.50. The Hall–Kier alpha value is -1.22. The Labute approximate surface area is 137 Å². The van der Waals surface area contributed by atoms with Crippen molar-refractivity contribution in [3.8, 4) is 0 Å². The maximum Gasteiger partial charge on any atom is 0.303 e. The Morgan fingerprint density at radius 3 is 1.83 bits per heavy atom. The molecule has 0 saturated heterocycles. The molecular formula is C15H29NO7. The van der Waals surface area contributed by atoms with Crippen molar-refractivity contribution >= 4 is 11.9 Å². The largest absolute Gasteiger partial charge is 0.457 e. The van der Waals surface area contributed by atoms with Gasteiger partial charge < -0.3 is 28.6 Å². The summed E-state index contributed by atoms with van der Waals surface area (Å²) in [6, 6.07) is -0.457. The molecule has 0 heterocycles. The number of hydrogen-bond donors (Lipinski definition) is 0. The molecule has 4 atom stereocenters. The van der Waals surface area contributed by atoms with Crippen molar-refractivity contribution < 1.29 is 33.3 Å². The predicted molar refractivity (Wildman–Crippen MR) is 83.1 cm³/mol. The SMILES string of the molecule is COCC(OC)C(OC(C)=O)C(OC)C(COC)N(C)C(C)=O. The van der Waals surface area contributed by atoms with E-state index in [9.17, 15) is 9.59 Å². The molecule has 0 N–H and O–H groups in total. The second kappa shape index (κ2) is 11.3. The van der Waals surface area contributed by atoms with E-state index in [4.69, 9.17) is 23.7 Å². The van der Waals surface area contributed by atoms with Crippen molar-refractivity contribution in [2.45, 2.75) is 38.2 Å². The molecule has 0 radical (unpaired) electrons. The standard InChI is InChI=1S/C15H29NO7/c1-10(17)16(3)12(8-19-4)14(22-7)15(23-11(2)18)13(21-6)9-20-5/h12-15H,8-9H2,1-7H3. The number of amides is 1. The summed E-state index contributed by atoms with van der Waals surface area (Å²) in [6.07, 6.45) is -1.95. The van der Waals surface area contributed by atoms with Gasteiger partial charge in [0.25, 0.3) is 0 Å². The highest BCUT2D eigenvalue weighted by molar-refractivity contribution is 5.73. The molecule has 0 fully saturated rings. The van der Waals surface area contributed by atoms with Crippen LogP contribution in [0.1, 0.15) is 13.8 Å². The van der Waals surface area contributed by atoms with E-state index in [2.05, 4.69) is 0 Å². The third-order valence-corrected chi connectivity index (χ3v) is 3.61. The van der Waals surface area contributed by atoms with Crippen LogP contribution in [0.4, 0.5) is 0 Å².